The topological polar surface area (TPSA) is 84.5 Å². The number of benzene rings is 2. The zero-order valence-electron chi connectivity index (χ0n) is 12.8. The molecule has 134 valence electrons. The summed E-state index contributed by atoms with van der Waals surface area (Å²) in [5.74, 6) is -0.718. The summed E-state index contributed by atoms with van der Waals surface area (Å²) >= 11 is 0. The third kappa shape index (κ3) is 4.48. The van der Waals surface area contributed by atoms with Crippen LogP contribution in [0.5, 0.6) is 0 Å². The molecule has 0 aromatic heterocycles. The van der Waals surface area contributed by atoms with E-state index in [1.54, 1.807) is 0 Å². The van der Waals surface area contributed by atoms with Gasteiger partial charge >= 0.3 is 6.18 Å². The monoisotopic (exact) mass is 374 g/mol. The van der Waals surface area contributed by atoms with Crippen molar-refractivity contribution >= 4 is 21.6 Å². The average molecular weight is 374 g/mol. The SMILES string of the molecule is CONC(=O)c1ccccc1NS(=O)(=O)c1cccc(C(F)(F)F)c1. The Balaban J connectivity index is 2.39. The maximum absolute atomic E-state index is 12.8. The number of anilines is 1. The molecule has 0 saturated heterocycles. The first-order valence-corrected chi connectivity index (χ1v) is 8.26. The molecule has 0 atom stereocenters. The molecule has 2 rings (SSSR count). The van der Waals surface area contributed by atoms with Crippen molar-refractivity contribution < 1.29 is 31.2 Å². The quantitative estimate of drug-likeness (QED) is 0.789. The van der Waals surface area contributed by atoms with Gasteiger partial charge in [0.05, 0.1) is 28.8 Å². The van der Waals surface area contributed by atoms with Crippen molar-refractivity contribution in [2.75, 3.05) is 11.8 Å². The molecule has 0 aliphatic carbocycles. The number of hydroxylamine groups is 1. The van der Waals surface area contributed by atoms with Gasteiger partial charge in [0, 0.05) is 0 Å². The van der Waals surface area contributed by atoms with E-state index in [1.807, 2.05) is 5.48 Å². The Labute approximate surface area is 141 Å². The molecule has 0 heterocycles. The number of sulfonamides is 1. The van der Waals surface area contributed by atoms with Gasteiger partial charge < -0.3 is 0 Å². The Hall–Kier alpha value is -2.59. The maximum Gasteiger partial charge on any atom is 0.416 e. The number of nitrogens with one attached hydrogen (secondary N) is 2. The number of carbonyl (C=O) groups excluding carboxylic acids is 1. The summed E-state index contributed by atoms with van der Waals surface area (Å²) in [5.41, 5.74) is 0.780. The Kier molecular flexibility index (Phi) is 5.33. The van der Waals surface area contributed by atoms with Crippen LogP contribution in [0.3, 0.4) is 0 Å². The minimum atomic E-state index is -4.68. The number of amides is 1. The van der Waals surface area contributed by atoms with Crippen LogP contribution in [0, 0.1) is 0 Å². The molecule has 1 amide bonds. The fourth-order valence-electron chi connectivity index (χ4n) is 1.96. The Morgan fingerprint density at radius 1 is 1.08 bits per heavy atom. The van der Waals surface area contributed by atoms with E-state index in [9.17, 15) is 26.4 Å². The van der Waals surface area contributed by atoms with E-state index in [1.165, 1.54) is 31.4 Å². The molecular weight excluding hydrogens is 361 g/mol. The number of alkyl halides is 3. The molecule has 25 heavy (non-hydrogen) atoms. The predicted octanol–water partition coefficient (Wildman–Crippen LogP) is 2.80. The smallest absolute Gasteiger partial charge is 0.279 e. The highest BCUT2D eigenvalue weighted by Crippen LogP contribution is 2.31. The lowest BCUT2D eigenvalue weighted by Gasteiger charge is -2.13. The van der Waals surface area contributed by atoms with Crippen molar-refractivity contribution in [1.82, 2.24) is 5.48 Å². The van der Waals surface area contributed by atoms with Gasteiger partial charge in [0.2, 0.25) is 0 Å². The van der Waals surface area contributed by atoms with E-state index in [0.29, 0.717) is 6.07 Å². The van der Waals surface area contributed by atoms with E-state index in [0.717, 1.165) is 18.2 Å². The van der Waals surface area contributed by atoms with Crippen LogP contribution in [0.1, 0.15) is 15.9 Å². The summed E-state index contributed by atoms with van der Waals surface area (Å²) in [5, 5.41) is 0. The summed E-state index contributed by atoms with van der Waals surface area (Å²) in [7, 11) is -3.14. The van der Waals surface area contributed by atoms with Crippen LogP contribution in [0.4, 0.5) is 18.9 Å². The summed E-state index contributed by atoms with van der Waals surface area (Å²) in [6, 6.07) is 8.88. The Morgan fingerprint density at radius 2 is 1.76 bits per heavy atom. The second-order valence-electron chi connectivity index (χ2n) is 4.81. The molecule has 0 spiro atoms. The first kappa shape index (κ1) is 18.7. The highest BCUT2D eigenvalue weighted by molar-refractivity contribution is 7.92. The van der Waals surface area contributed by atoms with Gasteiger partial charge in [-0.3, -0.25) is 14.4 Å². The maximum atomic E-state index is 12.8. The van der Waals surface area contributed by atoms with E-state index in [2.05, 4.69) is 9.56 Å². The molecule has 0 fully saturated rings. The second-order valence-corrected chi connectivity index (χ2v) is 6.49. The molecular formula is C15H13F3N2O4S. The third-order valence-electron chi connectivity index (χ3n) is 3.08. The summed E-state index contributed by atoms with van der Waals surface area (Å²) in [6.45, 7) is 0. The number of hydrogen-bond acceptors (Lipinski definition) is 4. The number of hydrogen-bond donors (Lipinski definition) is 2. The van der Waals surface area contributed by atoms with Gasteiger partial charge in [0.15, 0.2) is 0 Å². The minimum absolute atomic E-state index is 0.0556. The van der Waals surface area contributed by atoms with Crippen LogP contribution in [0.15, 0.2) is 53.4 Å². The lowest BCUT2D eigenvalue weighted by molar-refractivity contribution is -0.137. The summed E-state index contributed by atoms with van der Waals surface area (Å²) in [4.78, 5) is 15.8. The second kappa shape index (κ2) is 7.11. The van der Waals surface area contributed by atoms with Crippen molar-refractivity contribution in [3.63, 3.8) is 0 Å². The van der Waals surface area contributed by atoms with Gasteiger partial charge in [0.25, 0.3) is 15.9 Å². The highest BCUT2D eigenvalue weighted by Gasteiger charge is 2.31. The van der Waals surface area contributed by atoms with Crippen LogP contribution < -0.4 is 10.2 Å². The molecule has 0 radical (unpaired) electrons. The zero-order chi connectivity index (χ0) is 18.7. The Bertz CT molecular complexity index is 882. The molecule has 0 bridgehead atoms. The van der Waals surface area contributed by atoms with E-state index in [4.69, 9.17) is 0 Å². The summed E-state index contributed by atoms with van der Waals surface area (Å²) in [6.07, 6.45) is -4.68. The zero-order valence-corrected chi connectivity index (χ0v) is 13.6. The van der Waals surface area contributed by atoms with Gasteiger partial charge in [-0.05, 0) is 30.3 Å². The number of halogens is 3. The van der Waals surface area contributed by atoms with Crippen LogP contribution in [0.2, 0.25) is 0 Å². The van der Waals surface area contributed by atoms with Crippen molar-refractivity contribution in [1.29, 1.82) is 0 Å². The number of carbonyl (C=O) groups is 1. The molecule has 2 aromatic carbocycles. The molecule has 6 nitrogen and oxygen atoms in total. The van der Waals surface area contributed by atoms with Crippen LogP contribution in [-0.4, -0.2) is 21.4 Å². The van der Waals surface area contributed by atoms with Crippen LogP contribution in [0.25, 0.3) is 0 Å². The number of para-hydroxylation sites is 1. The number of rotatable bonds is 5. The summed E-state index contributed by atoms with van der Waals surface area (Å²) < 4.78 is 65.1. The molecule has 10 heteroatoms. The van der Waals surface area contributed by atoms with Crippen molar-refractivity contribution in [3.8, 4) is 0 Å². The van der Waals surface area contributed by atoms with Crippen LogP contribution >= 0.6 is 0 Å². The van der Waals surface area contributed by atoms with Crippen molar-refractivity contribution in [3.05, 3.63) is 59.7 Å². The van der Waals surface area contributed by atoms with E-state index in [-0.39, 0.29) is 11.3 Å². The van der Waals surface area contributed by atoms with Gasteiger partial charge in [-0.25, -0.2) is 13.9 Å². The van der Waals surface area contributed by atoms with Gasteiger partial charge in [-0.15, -0.1) is 0 Å². The normalized spacial score (nSPS) is 11.8. The standard InChI is InChI=1S/C15H13F3N2O4S/c1-24-19-14(21)12-7-2-3-8-13(12)20-25(22,23)11-6-4-5-10(9-11)15(16,17)18/h2-9,20H,1H3,(H,19,21). The largest absolute Gasteiger partial charge is 0.416 e. The van der Waals surface area contributed by atoms with Crippen LogP contribution in [-0.2, 0) is 21.0 Å². The molecule has 0 unspecified atom stereocenters. The lowest BCUT2D eigenvalue weighted by Crippen LogP contribution is -2.24. The highest BCUT2D eigenvalue weighted by atomic mass is 32.2. The van der Waals surface area contributed by atoms with E-state index < -0.39 is 32.6 Å². The van der Waals surface area contributed by atoms with Crippen molar-refractivity contribution in [2.45, 2.75) is 11.1 Å². The lowest BCUT2D eigenvalue weighted by atomic mass is 10.2. The van der Waals surface area contributed by atoms with Crippen molar-refractivity contribution in [2.24, 2.45) is 0 Å². The van der Waals surface area contributed by atoms with E-state index >= 15 is 0 Å². The molecule has 0 saturated carbocycles. The van der Waals surface area contributed by atoms with Gasteiger partial charge in [0.1, 0.15) is 0 Å². The predicted molar refractivity (Wildman–Crippen MR) is 83.2 cm³/mol. The minimum Gasteiger partial charge on any atom is -0.279 e. The molecule has 0 aliphatic rings. The first-order valence-electron chi connectivity index (χ1n) is 6.77. The fraction of sp³-hybridized carbons (Fsp3) is 0.133. The molecule has 2 N–H and O–H groups in total. The Morgan fingerprint density at radius 3 is 2.40 bits per heavy atom. The fourth-order valence-corrected chi connectivity index (χ4v) is 3.09. The van der Waals surface area contributed by atoms with Gasteiger partial charge in [-0.2, -0.15) is 13.2 Å². The average Bonchev–Trinajstić information content (AvgIpc) is 2.54. The third-order valence-corrected chi connectivity index (χ3v) is 4.45. The van der Waals surface area contributed by atoms with Gasteiger partial charge in [-0.1, -0.05) is 18.2 Å². The first-order chi connectivity index (χ1) is 11.6. The molecule has 0 aliphatic heterocycles. The molecule has 2 aromatic rings.